The van der Waals surface area contributed by atoms with Crippen molar-refractivity contribution in [2.75, 3.05) is 0 Å². The third-order valence-corrected chi connectivity index (χ3v) is 4.42. The molecule has 3 heteroatoms. The Bertz CT molecular complexity index is 417. The fourth-order valence-electron chi connectivity index (χ4n) is 2.97. The largest absolute Gasteiger partial charge is 0.494 e. The van der Waals surface area contributed by atoms with Gasteiger partial charge in [0.2, 0.25) is 0 Å². The molecular weight excluding hydrogens is 286 g/mol. The molecule has 0 fully saturated rings. The molecule has 0 aliphatic rings. The van der Waals surface area contributed by atoms with E-state index in [1.807, 2.05) is 13.0 Å². The Balaban J connectivity index is 2.00. The van der Waals surface area contributed by atoms with Crippen LogP contribution in [-0.4, -0.2) is 14.8 Å². The Labute approximate surface area is 142 Å². The van der Waals surface area contributed by atoms with Crippen LogP contribution in [0.15, 0.2) is 24.3 Å². The predicted octanol–water partition coefficient (Wildman–Crippen LogP) is 6.33. The number of hydrogen-bond donors (Lipinski definition) is 2. The second-order valence-corrected chi connectivity index (χ2v) is 6.56. The standard InChI is InChI=1S/C20H35NO2/c1-3-4-5-6-7-8-9-10-11-12-13-14-15-18(2)21-19(22)16-17-20(21)23/h14-18,22-23H,3-13H2,1-2H3. The fraction of sp³-hybridized carbons (Fsp3) is 0.700. The molecule has 2 N–H and O–H groups in total. The molecule has 1 rings (SSSR count). The summed E-state index contributed by atoms with van der Waals surface area (Å²) in [4.78, 5) is 0. The van der Waals surface area contributed by atoms with Gasteiger partial charge in [0.1, 0.15) is 0 Å². The number of rotatable bonds is 13. The van der Waals surface area contributed by atoms with Gasteiger partial charge in [0.05, 0.1) is 6.04 Å². The molecule has 0 amide bonds. The first-order chi connectivity index (χ1) is 11.2. The Morgan fingerprint density at radius 3 is 1.87 bits per heavy atom. The van der Waals surface area contributed by atoms with Gasteiger partial charge >= 0.3 is 0 Å². The molecule has 0 aromatic carbocycles. The van der Waals surface area contributed by atoms with Crippen LogP contribution in [0.25, 0.3) is 0 Å². The number of unbranched alkanes of at least 4 members (excludes halogenated alkanes) is 10. The van der Waals surface area contributed by atoms with Crippen molar-refractivity contribution in [3.8, 4) is 11.8 Å². The summed E-state index contributed by atoms with van der Waals surface area (Å²) in [7, 11) is 0. The van der Waals surface area contributed by atoms with Crippen molar-refractivity contribution in [1.82, 2.24) is 4.57 Å². The van der Waals surface area contributed by atoms with Crippen LogP contribution in [0.4, 0.5) is 0 Å². The van der Waals surface area contributed by atoms with Gasteiger partial charge in [-0.2, -0.15) is 0 Å². The summed E-state index contributed by atoms with van der Waals surface area (Å²) in [5.74, 6) is 0.220. The van der Waals surface area contributed by atoms with Crippen LogP contribution < -0.4 is 0 Å². The molecule has 0 bridgehead atoms. The summed E-state index contributed by atoms with van der Waals surface area (Å²) in [6, 6.07) is 3.01. The van der Waals surface area contributed by atoms with Gasteiger partial charge in [0.25, 0.3) is 0 Å². The first-order valence-electron chi connectivity index (χ1n) is 9.42. The molecule has 0 aliphatic heterocycles. The zero-order valence-corrected chi connectivity index (χ0v) is 15.0. The lowest BCUT2D eigenvalue weighted by Gasteiger charge is -2.11. The number of allylic oxidation sites excluding steroid dienone is 2. The molecule has 132 valence electrons. The van der Waals surface area contributed by atoms with Gasteiger partial charge in [-0.15, -0.1) is 0 Å². The molecule has 0 spiro atoms. The van der Waals surface area contributed by atoms with Crippen LogP contribution in [0, 0.1) is 0 Å². The highest BCUT2D eigenvalue weighted by Gasteiger charge is 2.09. The highest BCUT2D eigenvalue weighted by molar-refractivity contribution is 5.25. The van der Waals surface area contributed by atoms with Crippen LogP contribution in [0.1, 0.15) is 90.5 Å². The van der Waals surface area contributed by atoms with E-state index in [0.29, 0.717) is 0 Å². The Kier molecular flexibility index (Phi) is 10.3. The molecule has 0 radical (unpaired) electrons. The second kappa shape index (κ2) is 12.1. The van der Waals surface area contributed by atoms with E-state index >= 15 is 0 Å². The van der Waals surface area contributed by atoms with Gasteiger partial charge in [-0.1, -0.05) is 76.9 Å². The highest BCUT2D eigenvalue weighted by atomic mass is 16.3. The predicted molar refractivity (Wildman–Crippen MR) is 98.1 cm³/mol. The summed E-state index contributed by atoms with van der Waals surface area (Å²) in [5, 5.41) is 19.3. The van der Waals surface area contributed by atoms with Crippen LogP contribution in [0.2, 0.25) is 0 Å². The minimum atomic E-state index is -0.0203. The fourth-order valence-corrected chi connectivity index (χ4v) is 2.97. The quantitative estimate of drug-likeness (QED) is 0.329. The number of aromatic hydroxyl groups is 2. The Morgan fingerprint density at radius 1 is 0.870 bits per heavy atom. The van der Waals surface area contributed by atoms with Crippen LogP contribution in [-0.2, 0) is 0 Å². The molecule has 0 saturated carbocycles. The van der Waals surface area contributed by atoms with Crippen molar-refractivity contribution in [2.45, 2.75) is 90.5 Å². The first kappa shape index (κ1) is 19.7. The number of hydrogen-bond acceptors (Lipinski definition) is 2. The van der Waals surface area contributed by atoms with Crippen molar-refractivity contribution in [1.29, 1.82) is 0 Å². The second-order valence-electron chi connectivity index (χ2n) is 6.56. The van der Waals surface area contributed by atoms with Crippen molar-refractivity contribution in [3.05, 3.63) is 24.3 Å². The van der Waals surface area contributed by atoms with Crippen molar-refractivity contribution in [2.24, 2.45) is 0 Å². The van der Waals surface area contributed by atoms with Crippen molar-refractivity contribution >= 4 is 0 Å². The average Bonchev–Trinajstić information content (AvgIpc) is 2.87. The first-order valence-corrected chi connectivity index (χ1v) is 9.42. The topological polar surface area (TPSA) is 45.4 Å². The van der Waals surface area contributed by atoms with Crippen LogP contribution >= 0.6 is 0 Å². The lowest BCUT2D eigenvalue weighted by Crippen LogP contribution is -2.00. The number of aromatic nitrogens is 1. The minimum Gasteiger partial charge on any atom is -0.494 e. The van der Waals surface area contributed by atoms with Gasteiger partial charge in [-0.25, -0.2) is 0 Å². The Morgan fingerprint density at radius 2 is 1.35 bits per heavy atom. The normalized spacial score (nSPS) is 13.0. The van der Waals surface area contributed by atoms with Gasteiger partial charge in [-0.3, -0.25) is 4.57 Å². The maximum Gasteiger partial charge on any atom is 0.194 e. The van der Waals surface area contributed by atoms with Crippen molar-refractivity contribution < 1.29 is 10.2 Å². The monoisotopic (exact) mass is 321 g/mol. The molecular formula is C20H35NO2. The molecule has 0 saturated heterocycles. The highest BCUT2D eigenvalue weighted by Crippen LogP contribution is 2.27. The molecule has 3 nitrogen and oxygen atoms in total. The van der Waals surface area contributed by atoms with Crippen molar-refractivity contribution in [3.63, 3.8) is 0 Å². The minimum absolute atomic E-state index is 0.0203. The van der Waals surface area contributed by atoms with E-state index in [1.165, 1.54) is 80.9 Å². The lowest BCUT2D eigenvalue weighted by atomic mass is 10.1. The maximum atomic E-state index is 9.66. The Hall–Kier alpha value is -1.38. The SMILES string of the molecule is CCCCCCCCCCCCC=CC(C)n1c(O)ccc1O. The van der Waals surface area contributed by atoms with Gasteiger partial charge in [0, 0.05) is 12.1 Å². The molecule has 23 heavy (non-hydrogen) atoms. The maximum absolute atomic E-state index is 9.66. The van der Waals surface area contributed by atoms with E-state index in [-0.39, 0.29) is 17.8 Å². The molecule has 1 aromatic heterocycles. The summed E-state index contributed by atoms with van der Waals surface area (Å²) in [5.41, 5.74) is 0. The van der Waals surface area contributed by atoms with E-state index in [9.17, 15) is 10.2 Å². The van der Waals surface area contributed by atoms with Crippen LogP contribution in [0.5, 0.6) is 11.8 Å². The van der Waals surface area contributed by atoms with E-state index in [4.69, 9.17) is 0 Å². The summed E-state index contributed by atoms with van der Waals surface area (Å²) < 4.78 is 1.52. The summed E-state index contributed by atoms with van der Waals surface area (Å²) in [6.45, 7) is 4.23. The zero-order chi connectivity index (χ0) is 16.9. The smallest absolute Gasteiger partial charge is 0.194 e. The molecule has 1 atom stereocenters. The number of nitrogens with zero attached hydrogens (tertiary/aromatic N) is 1. The van der Waals surface area contributed by atoms with E-state index < -0.39 is 0 Å². The average molecular weight is 322 g/mol. The van der Waals surface area contributed by atoms with Gasteiger partial charge in [-0.05, 0) is 19.8 Å². The zero-order valence-electron chi connectivity index (χ0n) is 15.0. The summed E-state index contributed by atoms with van der Waals surface area (Å²) in [6.07, 6.45) is 18.9. The third-order valence-electron chi connectivity index (χ3n) is 4.42. The molecule has 0 aliphatic carbocycles. The third kappa shape index (κ3) is 8.15. The summed E-state index contributed by atoms with van der Waals surface area (Å²) >= 11 is 0. The molecule has 1 unspecified atom stereocenters. The lowest BCUT2D eigenvalue weighted by molar-refractivity contribution is 0.360. The van der Waals surface area contributed by atoms with E-state index in [0.717, 1.165) is 6.42 Å². The van der Waals surface area contributed by atoms with E-state index in [1.54, 1.807) is 0 Å². The molecule has 1 aromatic rings. The van der Waals surface area contributed by atoms with Gasteiger partial charge < -0.3 is 10.2 Å². The van der Waals surface area contributed by atoms with Crippen LogP contribution in [0.3, 0.4) is 0 Å². The van der Waals surface area contributed by atoms with E-state index in [2.05, 4.69) is 13.0 Å². The molecule has 1 heterocycles. The van der Waals surface area contributed by atoms with Gasteiger partial charge in [0.15, 0.2) is 11.8 Å².